The Morgan fingerprint density at radius 3 is 2.67 bits per heavy atom. The van der Waals surface area contributed by atoms with Crippen LogP contribution in [0.15, 0.2) is 36.4 Å². The van der Waals surface area contributed by atoms with E-state index in [9.17, 15) is 23.2 Å². The van der Waals surface area contributed by atoms with Crippen molar-refractivity contribution in [2.75, 3.05) is 11.9 Å². The highest BCUT2D eigenvalue weighted by Gasteiger charge is 2.24. The molecular formula is C20H18F2N6O5. The van der Waals surface area contributed by atoms with Crippen molar-refractivity contribution in [3.05, 3.63) is 59.2 Å². The predicted octanol–water partition coefficient (Wildman–Crippen LogP) is 2.99. The minimum absolute atomic E-state index is 0.0190. The number of carbonyl (C=O) groups excluding carboxylic acids is 2. The molecule has 3 amide bonds. The second kappa shape index (κ2) is 9.80. The van der Waals surface area contributed by atoms with Gasteiger partial charge in [0.15, 0.2) is 11.9 Å². The van der Waals surface area contributed by atoms with Crippen LogP contribution in [0.5, 0.6) is 0 Å². The van der Waals surface area contributed by atoms with Crippen molar-refractivity contribution in [2.45, 2.75) is 13.1 Å². The first-order valence-corrected chi connectivity index (χ1v) is 9.41. The molecule has 3 N–H and O–H groups in total. The lowest BCUT2D eigenvalue weighted by Gasteiger charge is -2.11. The number of hydrogen-bond acceptors (Lipinski definition) is 7. The Morgan fingerprint density at radius 1 is 1.24 bits per heavy atom. The average Bonchev–Trinajstić information content (AvgIpc) is 3.14. The molecule has 13 heteroatoms. The van der Waals surface area contributed by atoms with E-state index in [1.165, 1.54) is 31.3 Å². The summed E-state index contributed by atoms with van der Waals surface area (Å²) < 4.78 is 33.2. The molecule has 0 unspecified atom stereocenters. The summed E-state index contributed by atoms with van der Waals surface area (Å²) in [7, 11) is 1.41. The van der Waals surface area contributed by atoms with E-state index >= 15 is 0 Å². The number of nitrogens with one attached hydrogen (secondary N) is 2. The number of nitrogens with zero attached hydrogens (tertiary/aromatic N) is 4. The van der Waals surface area contributed by atoms with Gasteiger partial charge in [-0.3, -0.25) is 15.4 Å². The number of pyridine rings is 1. The van der Waals surface area contributed by atoms with Crippen LogP contribution in [-0.4, -0.2) is 49.8 Å². The van der Waals surface area contributed by atoms with Crippen molar-refractivity contribution in [1.29, 1.82) is 0 Å². The molecule has 2 aromatic heterocycles. The van der Waals surface area contributed by atoms with Crippen molar-refractivity contribution in [3.8, 4) is 11.4 Å². The lowest BCUT2D eigenvalue weighted by Crippen LogP contribution is -2.33. The summed E-state index contributed by atoms with van der Waals surface area (Å²) in [6.45, 7) is 0.812. The normalized spacial score (nSPS) is 11.5. The van der Waals surface area contributed by atoms with Gasteiger partial charge in [-0.2, -0.15) is 0 Å². The van der Waals surface area contributed by atoms with E-state index in [4.69, 9.17) is 9.84 Å². The van der Waals surface area contributed by atoms with Gasteiger partial charge in [0.2, 0.25) is 0 Å². The van der Waals surface area contributed by atoms with E-state index < -0.39 is 36.7 Å². The van der Waals surface area contributed by atoms with Crippen molar-refractivity contribution in [1.82, 2.24) is 25.3 Å². The molecular weight excluding hydrogens is 442 g/mol. The molecule has 3 aromatic rings. The summed E-state index contributed by atoms with van der Waals surface area (Å²) in [6, 6.07) is 7.62. The van der Waals surface area contributed by atoms with E-state index in [0.29, 0.717) is 5.69 Å². The standard InChI is InChI=1S/C20H18F2N6O5/c1-10-14(24-19(30)31)6-7-15(23-10)16-17(28(2)27-26-16)18(29)25-20(32)33-9-13(22)11-4-3-5-12(21)8-11/h3-8,13,24H,9H2,1-2H3,(H,30,31)(H,25,29,32)/t13-/m0/s1. The van der Waals surface area contributed by atoms with Crippen LogP contribution in [0.25, 0.3) is 11.4 Å². The highest BCUT2D eigenvalue weighted by Crippen LogP contribution is 2.23. The third-order valence-corrected chi connectivity index (χ3v) is 4.40. The van der Waals surface area contributed by atoms with Crippen molar-refractivity contribution >= 4 is 23.8 Å². The topological polar surface area (TPSA) is 148 Å². The maximum Gasteiger partial charge on any atom is 0.414 e. The van der Waals surface area contributed by atoms with Crippen LogP contribution in [0.4, 0.5) is 24.1 Å². The van der Waals surface area contributed by atoms with E-state index in [1.54, 1.807) is 6.92 Å². The number of rotatable bonds is 6. The number of halogens is 2. The van der Waals surface area contributed by atoms with E-state index in [1.807, 2.05) is 5.32 Å². The third kappa shape index (κ3) is 5.64. The van der Waals surface area contributed by atoms with Crippen LogP contribution in [0, 0.1) is 12.7 Å². The van der Waals surface area contributed by atoms with Gasteiger partial charge in [-0.25, -0.2) is 28.0 Å². The molecule has 0 aliphatic heterocycles. The fraction of sp³-hybridized carbons (Fsp3) is 0.200. The Balaban J connectivity index is 1.69. The summed E-state index contributed by atoms with van der Waals surface area (Å²) in [5.41, 5.74) is 0.622. The Morgan fingerprint density at radius 2 is 2.00 bits per heavy atom. The van der Waals surface area contributed by atoms with Crippen molar-refractivity contribution < 1.29 is 33.0 Å². The number of aromatic nitrogens is 4. The second-order valence-electron chi connectivity index (χ2n) is 6.75. The largest absolute Gasteiger partial charge is 0.465 e. The zero-order valence-electron chi connectivity index (χ0n) is 17.4. The molecule has 0 spiro atoms. The molecule has 0 saturated carbocycles. The highest BCUT2D eigenvalue weighted by molar-refractivity contribution is 6.05. The smallest absolute Gasteiger partial charge is 0.414 e. The second-order valence-corrected chi connectivity index (χ2v) is 6.75. The molecule has 3 rings (SSSR count). The molecule has 172 valence electrons. The number of alkyl carbamates (subject to hydrolysis) is 1. The zero-order valence-corrected chi connectivity index (χ0v) is 17.4. The van der Waals surface area contributed by atoms with Crippen LogP contribution < -0.4 is 10.6 Å². The summed E-state index contributed by atoms with van der Waals surface area (Å²) in [4.78, 5) is 39.6. The number of anilines is 1. The number of ether oxygens (including phenoxy) is 1. The Labute approximate surface area is 185 Å². The lowest BCUT2D eigenvalue weighted by molar-refractivity contribution is 0.0866. The number of imide groups is 1. The van der Waals surface area contributed by atoms with Gasteiger partial charge in [-0.15, -0.1) is 5.10 Å². The van der Waals surface area contributed by atoms with Gasteiger partial charge in [-0.05, 0) is 36.8 Å². The van der Waals surface area contributed by atoms with Crippen LogP contribution in [0.1, 0.15) is 27.9 Å². The Kier molecular flexibility index (Phi) is 6.91. The maximum absolute atomic E-state index is 14.2. The molecule has 2 heterocycles. The van der Waals surface area contributed by atoms with Crippen LogP contribution in [0.2, 0.25) is 0 Å². The monoisotopic (exact) mass is 460 g/mol. The third-order valence-electron chi connectivity index (χ3n) is 4.40. The molecule has 0 aliphatic rings. The fourth-order valence-corrected chi connectivity index (χ4v) is 2.86. The molecule has 0 aliphatic carbocycles. The highest BCUT2D eigenvalue weighted by atomic mass is 19.1. The van der Waals surface area contributed by atoms with Gasteiger partial charge in [0, 0.05) is 7.05 Å². The van der Waals surface area contributed by atoms with Crippen LogP contribution in [-0.2, 0) is 11.8 Å². The van der Waals surface area contributed by atoms with E-state index in [2.05, 4.69) is 20.6 Å². The summed E-state index contributed by atoms with van der Waals surface area (Å²) in [5, 5.41) is 20.6. The average molecular weight is 460 g/mol. The van der Waals surface area contributed by atoms with Gasteiger partial charge < -0.3 is 9.84 Å². The van der Waals surface area contributed by atoms with E-state index in [-0.39, 0.29) is 28.3 Å². The number of amides is 3. The first-order valence-electron chi connectivity index (χ1n) is 9.41. The summed E-state index contributed by atoms with van der Waals surface area (Å²) in [5.74, 6) is -1.57. The molecule has 1 aromatic carbocycles. The Bertz CT molecular complexity index is 1220. The van der Waals surface area contributed by atoms with Gasteiger partial charge in [0.1, 0.15) is 18.1 Å². The maximum atomic E-state index is 14.2. The molecule has 11 nitrogen and oxygen atoms in total. The van der Waals surface area contributed by atoms with E-state index in [0.717, 1.165) is 16.8 Å². The SMILES string of the molecule is Cc1nc(-c2nnn(C)c2C(=O)NC(=O)OC[C@H](F)c2cccc(F)c2)ccc1NC(=O)O. The van der Waals surface area contributed by atoms with Crippen molar-refractivity contribution in [3.63, 3.8) is 0 Å². The number of carbonyl (C=O) groups is 3. The molecule has 0 bridgehead atoms. The quantitative estimate of drug-likeness (QED) is 0.508. The molecule has 0 fully saturated rings. The first-order chi connectivity index (χ1) is 15.7. The molecule has 0 saturated heterocycles. The van der Waals surface area contributed by atoms with Gasteiger partial charge in [0.05, 0.1) is 17.1 Å². The summed E-state index contributed by atoms with van der Waals surface area (Å²) >= 11 is 0. The van der Waals surface area contributed by atoms with Crippen LogP contribution in [0.3, 0.4) is 0 Å². The lowest BCUT2D eigenvalue weighted by atomic mass is 10.1. The van der Waals surface area contributed by atoms with Gasteiger partial charge >= 0.3 is 12.2 Å². The number of hydrogen-bond donors (Lipinski definition) is 3. The number of alkyl halides is 1. The molecule has 33 heavy (non-hydrogen) atoms. The predicted molar refractivity (Wildman–Crippen MR) is 110 cm³/mol. The minimum atomic E-state index is -1.79. The van der Waals surface area contributed by atoms with Gasteiger partial charge in [-0.1, -0.05) is 17.3 Å². The van der Waals surface area contributed by atoms with Crippen LogP contribution >= 0.6 is 0 Å². The number of benzene rings is 1. The number of aryl methyl sites for hydroxylation is 2. The fourth-order valence-electron chi connectivity index (χ4n) is 2.86. The number of carboxylic acid groups (broad SMARTS) is 1. The molecule has 1 atom stereocenters. The first kappa shape index (κ1) is 23.2. The van der Waals surface area contributed by atoms with Gasteiger partial charge in [0.25, 0.3) is 5.91 Å². The summed E-state index contributed by atoms with van der Waals surface area (Å²) in [6.07, 6.45) is -4.28. The molecule has 0 radical (unpaired) electrons. The van der Waals surface area contributed by atoms with Crippen molar-refractivity contribution in [2.24, 2.45) is 7.05 Å². The Hall–Kier alpha value is -4.42. The minimum Gasteiger partial charge on any atom is -0.465 e. The zero-order chi connectivity index (χ0) is 24.1.